The smallest absolute Gasteiger partial charge is 0.231 e. The van der Waals surface area contributed by atoms with Crippen LogP contribution in [0.3, 0.4) is 0 Å². The van der Waals surface area contributed by atoms with E-state index in [2.05, 4.69) is 20.6 Å². The zero-order chi connectivity index (χ0) is 15.5. The third-order valence-corrected chi connectivity index (χ3v) is 4.03. The molecule has 22 heavy (non-hydrogen) atoms. The van der Waals surface area contributed by atoms with Gasteiger partial charge in [0.15, 0.2) is 5.13 Å². The quantitative estimate of drug-likeness (QED) is 0.887. The Balaban J connectivity index is 1.55. The van der Waals surface area contributed by atoms with E-state index in [1.54, 1.807) is 11.4 Å². The van der Waals surface area contributed by atoms with Crippen LogP contribution in [0.4, 0.5) is 10.9 Å². The van der Waals surface area contributed by atoms with E-state index in [1.807, 2.05) is 19.1 Å². The molecule has 6 nitrogen and oxygen atoms in total. The number of carbonyl (C=O) groups excluding carboxylic acids is 2. The van der Waals surface area contributed by atoms with Crippen molar-refractivity contribution in [3.63, 3.8) is 0 Å². The molecule has 0 bridgehead atoms. The maximum absolute atomic E-state index is 12.0. The Bertz CT molecular complexity index is 709. The third-order valence-electron chi connectivity index (χ3n) is 3.23. The van der Waals surface area contributed by atoms with Crippen molar-refractivity contribution >= 4 is 34.1 Å². The summed E-state index contributed by atoms with van der Waals surface area (Å²) in [5, 5.41) is 7.85. The SMILES string of the molecule is Cc1cccc(NC(=O)Cc2csc(NC(=O)C3CC3)n2)n1. The molecule has 0 atom stereocenters. The minimum atomic E-state index is -0.177. The molecule has 2 amide bonds. The molecule has 0 radical (unpaired) electrons. The highest BCUT2D eigenvalue weighted by atomic mass is 32.1. The molecule has 0 saturated heterocycles. The van der Waals surface area contributed by atoms with Gasteiger partial charge in [0.05, 0.1) is 12.1 Å². The van der Waals surface area contributed by atoms with Crippen LogP contribution in [0.1, 0.15) is 24.2 Å². The average molecular weight is 316 g/mol. The Morgan fingerprint density at radius 2 is 2.09 bits per heavy atom. The minimum Gasteiger partial charge on any atom is -0.310 e. The van der Waals surface area contributed by atoms with E-state index >= 15 is 0 Å². The number of hydrogen-bond donors (Lipinski definition) is 2. The Morgan fingerprint density at radius 3 is 2.82 bits per heavy atom. The van der Waals surface area contributed by atoms with Crippen molar-refractivity contribution in [1.29, 1.82) is 0 Å². The summed E-state index contributed by atoms with van der Waals surface area (Å²) >= 11 is 1.34. The Kier molecular flexibility index (Phi) is 4.15. The molecule has 0 spiro atoms. The Hall–Kier alpha value is -2.28. The van der Waals surface area contributed by atoms with E-state index in [0.717, 1.165) is 18.5 Å². The van der Waals surface area contributed by atoms with Gasteiger partial charge in [0, 0.05) is 17.0 Å². The predicted molar refractivity (Wildman–Crippen MR) is 84.8 cm³/mol. The summed E-state index contributed by atoms with van der Waals surface area (Å²) in [5.41, 5.74) is 1.48. The van der Waals surface area contributed by atoms with Crippen LogP contribution in [-0.4, -0.2) is 21.8 Å². The number of hydrogen-bond acceptors (Lipinski definition) is 5. The highest BCUT2D eigenvalue weighted by molar-refractivity contribution is 7.13. The molecule has 2 aromatic heterocycles. The molecule has 1 saturated carbocycles. The number of pyridine rings is 1. The molecular formula is C15H16N4O2S. The van der Waals surface area contributed by atoms with Crippen LogP contribution in [0.5, 0.6) is 0 Å². The van der Waals surface area contributed by atoms with Gasteiger partial charge in [0.25, 0.3) is 0 Å². The van der Waals surface area contributed by atoms with Gasteiger partial charge in [-0.15, -0.1) is 11.3 Å². The van der Waals surface area contributed by atoms with E-state index in [-0.39, 0.29) is 24.2 Å². The minimum absolute atomic E-state index is 0.0225. The fourth-order valence-electron chi connectivity index (χ4n) is 1.96. The van der Waals surface area contributed by atoms with Gasteiger partial charge in [-0.3, -0.25) is 9.59 Å². The van der Waals surface area contributed by atoms with Crippen LogP contribution >= 0.6 is 11.3 Å². The molecule has 2 heterocycles. The molecular weight excluding hydrogens is 300 g/mol. The second-order valence-electron chi connectivity index (χ2n) is 5.30. The first-order valence-corrected chi connectivity index (χ1v) is 7.97. The summed E-state index contributed by atoms with van der Waals surface area (Å²) in [4.78, 5) is 32.1. The number of nitrogens with zero attached hydrogens (tertiary/aromatic N) is 2. The summed E-state index contributed by atoms with van der Waals surface area (Å²) in [6.07, 6.45) is 2.07. The molecule has 1 fully saturated rings. The van der Waals surface area contributed by atoms with Gasteiger partial charge in [0.2, 0.25) is 11.8 Å². The summed E-state index contributed by atoms with van der Waals surface area (Å²) in [6, 6.07) is 5.45. The van der Waals surface area contributed by atoms with Crippen molar-refractivity contribution in [3.8, 4) is 0 Å². The molecule has 2 aromatic rings. The Labute approximate surface area is 132 Å². The van der Waals surface area contributed by atoms with Crippen LogP contribution in [0, 0.1) is 12.8 Å². The monoisotopic (exact) mass is 316 g/mol. The molecule has 0 aliphatic heterocycles. The number of aryl methyl sites for hydroxylation is 1. The summed E-state index contributed by atoms with van der Waals surface area (Å²) in [5.74, 6) is 0.517. The summed E-state index contributed by atoms with van der Waals surface area (Å²) < 4.78 is 0. The molecule has 114 valence electrons. The zero-order valence-electron chi connectivity index (χ0n) is 12.1. The van der Waals surface area contributed by atoms with E-state index in [4.69, 9.17) is 0 Å². The lowest BCUT2D eigenvalue weighted by atomic mass is 10.3. The van der Waals surface area contributed by atoms with Gasteiger partial charge in [0.1, 0.15) is 5.82 Å². The highest BCUT2D eigenvalue weighted by Gasteiger charge is 2.30. The van der Waals surface area contributed by atoms with Gasteiger partial charge in [-0.2, -0.15) is 0 Å². The average Bonchev–Trinajstić information content (AvgIpc) is 3.22. The number of rotatable bonds is 5. The van der Waals surface area contributed by atoms with Gasteiger partial charge in [-0.25, -0.2) is 9.97 Å². The fourth-order valence-corrected chi connectivity index (χ4v) is 2.68. The van der Waals surface area contributed by atoms with Crippen molar-refractivity contribution in [3.05, 3.63) is 35.0 Å². The van der Waals surface area contributed by atoms with Crippen molar-refractivity contribution in [2.24, 2.45) is 5.92 Å². The van der Waals surface area contributed by atoms with E-state index < -0.39 is 0 Å². The molecule has 1 aliphatic carbocycles. The van der Waals surface area contributed by atoms with E-state index in [9.17, 15) is 9.59 Å². The number of thiazole rings is 1. The maximum Gasteiger partial charge on any atom is 0.231 e. The molecule has 1 aliphatic rings. The number of carbonyl (C=O) groups is 2. The number of amides is 2. The lowest BCUT2D eigenvalue weighted by molar-refractivity contribution is -0.117. The normalized spacial score (nSPS) is 13.7. The highest BCUT2D eigenvalue weighted by Crippen LogP contribution is 2.30. The molecule has 0 unspecified atom stereocenters. The van der Waals surface area contributed by atoms with Gasteiger partial charge < -0.3 is 10.6 Å². The lowest BCUT2D eigenvalue weighted by Crippen LogP contribution is -2.16. The second kappa shape index (κ2) is 6.23. The van der Waals surface area contributed by atoms with Gasteiger partial charge in [-0.1, -0.05) is 6.07 Å². The number of aromatic nitrogens is 2. The van der Waals surface area contributed by atoms with Crippen LogP contribution in [0.2, 0.25) is 0 Å². The molecule has 3 rings (SSSR count). The second-order valence-corrected chi connectivity index (χ2v) is 6.15. The third kappa shape index (κ3) is 3.88. The standard InChI is InChI=1S/C15H16N4O2S/c1-9-3-2-4-12(16-9)18-13(20)7-11-8-22-15(17-11)19-14(21)10-5-6-10/h2-4,8,10H,5-7H2,1H3,(H,16,18,20)(H,17,19,21). The van der Waals surface area contributed by atoms with E-state index in [1.165, 1.54) is 11.3 Å². The largest absolute Gasteiger partial charge is 0.310 e. The molecule has 0 aromatic carbocycles. The van der Waals surface area contributed by atoms with Gasteiger partial charge in [-0.05, 0) is 31.9 Å². The zero-order valence-corrected chi connectivity index (χ0v) is 12.9. The van der Waals surface area contributed by atoms with Crippen LogP contribution in [-0.2, 0) is 16.0 Å². The first-order valence-electron chi connectivity index (χ1n) is 7.09. The van der Waals surface area contributed by atoms with Crippen LogP contribution in [0.25, 0.3) is 0 Å². The number of anilines is 2. The van der Waals surface area contributed by atoms with Crippen molar-refractivity contribution in [2.45, 2.75) is 26.2 Å². The van der Waals surface area contributed by atoms with Crippen molar-refractivity contribution in [2.75, 3.05) is 10.6 Å². The summed E-state index contributed by atoms with van der Waals surface area (Å²) in [6.45, 7) is 1.87. The number of nitrogens with one attached hydrogen (secondary N) is 2. The van der Waals surface area contributed by atoms with E-state index in [0.29, 0.717) is 16.6 Å². The van der Waals surface area contributed by atoms with Gasteiger partial charge >= 0.3 is 0 Å². The van der Waals surface area contributed by atoms with Crippen LogP contribution < -0.4 is 10.6 Å². The predicted octanol–water partition coefficient (Wildman–Crippen LogP) is 2.38. The molecule has 7 heteroatoms. The Morgan fingerprint density at radius 1 is 1.27 bits per heavy atom. The van der Waals surface area contributed by atoms with Crippen molar-refractivity contribution < 1.29 is 9.59 Å². The van der Waals surface area contributed by atoms with Crippen molar-refractivity contribution in [1.82, 2.24) is 9.97 Å². The maximum atomic E-state index is 12.0. The van der Waals surface area contributed by atoms with Crippen LogP contribution in [0.15, 0.2) is 23.6 Å². The summed E-state index contributed by atoms with van der Waals surface area (Å²) in [7, 11) is 0. The lowest BCUT2D eigenvalue weighted by Gasteiger charge is -2.03. The first kappa shape index (κ1) is 14.6. The first-order chi connectivity index (χ1) is 10.6. The molecule has 2 N–H and O–H groups in total. The fraction of sp³-hybridized carbons (Fsp3) is 0.333. The topological polar surface area (TPSA) is 84.0 Å².